The number of anilines is 1. The van der Waals surface area contributed by atoms with Crippen LogP contribution in [0.15, 0.2) is 70.5 Å². The first-order chi connectivity index (χ1) is 20.2. The summed E-state index contributed by atoms with van der Waals surface area (Å²) < 4.78 is 36.4. The van der Waals surface area contributed by atoms with Gasteiger partial charge in [0.2, 0.25) is 0 Å². The lowest BCUT2D eigenvalue weighted by molar-refractivity contribution is 0.0997. The molecule has 5 rings (SSSR count). The maximum Gasteiger partial charge on any atom is 0.340 e. The Balaban J connectivity index is 1.62. The number of ether oxygens (including phenoxy) is 1. The van der Waals surface area contributed by atoms with Gasteiger partial charge in [-0.1, -0.05) is 17.9 Å². The van der Waals surface area contributed by atoms with Gasteiger partial charge in [-0.2, -0.15) is 0 Å². The fourth-order valence-corrected chi connectivity index (χ4v) is 4.65. The number of aromatic nitrogens is 3. The fourth-order valence-electron chi connectivity index (χ4n) is 4.65. The van der Waals surface area contributed by atoms with E-state index in [0.717, 1.165) is 54.9 Å². The minimum Gasteiger partial charge on any atom is -0.451 e. The molecule has 2 aromatic carbocycles. The number of benzene rings is 2. The number of hydrogen-bond donors (Lipinski definition) is 3. The van der Waals surface area contributed by atoms with Crippen molar-refractivity contribution in [2.75, 3.05) is 18.8 Å². The van der Waals surface area contributed by atoms with Gasteiger partial charge in [-0.25, -0.2) is 23.1 Å². The highest BCUT2D eigenvalue weighted by atomic mass is 19.1. The molecule has 1 fully saturated rings. The number of carbonyl (C=O) groups is 1. The van der Waals surface area contributed by atoms with E-state index in [1.807, 2.05) is 0 Å². The third-order valence-electron chi connectivity index (χ3n) is 6.86. The zero-order chi connectivity index (χ0) is 29.8. The Kier molecular flexibility index (Phi) is 8.12. The summed E-state index contributed by atoms with van der Waals surface area (Å²) in [6, 6.07) is 9.70. The molecule has 0 unspecified atom stereocenters. The molecule has 4 aromatic rings. The Morgan fingerprint density at radius 3 is 2.55 bits per heavy atom. The minimum absolute atomic E-state index is 0.0321. The number of rotatable bonds is 6. The number of carbonyl (C=O) groups excluding carboxylic acids is 1. The molecular weight excluding hydrogens is 546 g/mol. The fraction of sp³-hybridized carbons (Fsp3) is 0.200. The van der Waals surface area contributed by atoms with Gasteiger partial charge in [0.15, 0.2) is 11.6 Å². The lowest BCUT2D eigenvalue weighted by atomic mass is 9.95. The van der Waals surface area contributed by atoms with Gasteiger partial charge in [0.25, 0.3) is 11.5 Å². The molecule has 3 heterocycles. The van der Waals surface area contributed by atoms with Gasteiger partial charge in [0, 0.05) is 24.9 Å². The normalized spacial score (nSPS) is 13.3. The third kappa shape index (κ3) is 5.77. The van der Waals surface area contributed by atoms with Crippen LogP contribution in [0.2, 0.25) is 0 Å². The number of para-hydroxylation sites is 1. The first kappa shape index (κ1) is 28.3. The Labute approximate surface area is 238 Å². The van der Waals surface area contributed by atoms with Crippen LogP contribution in [0.5, 0.6) is 11.5 Å². The van der Waals surface area contributed by atoms with Crippen LogP contribution in [0.1, 0.15) is 35.2 Å². The van der Waals surface area contributed by atoms with Crippen LogP contribution >= 0.6 is 0 Å². The topological polar surface area (TPSA) is 147 Å². The first-order valence-corrected chi connectivity index (χ1v) is 13.1. The number of nitrogens with two attached hydrogens (primary N) is 2. The summed E-state index contributed by atoms with van der Waals surface area (Å²) in [4.78, 5) is 42.9. The van der Waals surface area contributed by atoms with Crippen LogP contribution in [0.25, 0.3) is 11.4 Å². The zero-order valence-corrected chi connectivity index (χ0v) is 22.3. The van der Waals surface area contributed by atoms with Crippen LogP contribution in [-0.2, 0) is 0 Å². The minimum atomic E-state index is -1.13. The molecule has 214 valence electrons. The zero-order valence-electron chi connectivity index (χ0n) is 22.3. The van der Waals surface area contributed by atoms with Crippen molar-refractivity contribution in [2.24, 2.45) is 11.7 Å². The number of nitrogen functional groups attached to an aromatic ring is 1. The Morgan fingerprint density at radius 1 is 1.10 bits per heavy atom. The van der Waals surface area contributed by atoms with E-state index < -0.39 is 40.1 Å². The van der Waals surface area contributed by atoms with E-state index in [9.17, 15) is 18.8 Å². The molecule has 1 aliphatic rings. The smallest absolute Gasteiger partial charge is 0.340 e. The Bertz CT molecular complexity index is 1830. The standard InChI is InChI=1S/C30H26F2N6O4/c31-19-7-9-20(10-8-19)38-29(40)22(28(34)39)17-37(30(38)41)24-6-2-5-23(32)26(24)42-25-13-16-36-27(33)21(25)4-1-3-18-11-14-35-15-12-18/h2,5-10,13,16-18,35H,3,11-12,14-15H2,(H2,33,36)(H2,34,39). The predicted molar refractivity (Wildman–Crippen MR) is 152 cm³/mol. The van der Waals surface area contributed by atoms with Crippen molar-refractivity contribution in [1.82, 2.24) is 19.4 Å². The number of amides is 1. The summed E-state index contributed by atoms with van der Waals surface area (Å²) in [7, 11) is 0. The predicted octanol–water partition coefficient (Wildman–Crippen LogP) is 2.88. The van der Waals surface area contributed by atoms with Gasteiger partial charge in [0.1, 0.15) is 28.5 Å². The molecule has 5 N–H and O–H groups in total. The third-order valence-corrected chi connectivity index (χ3v) is 6.86. The van der Waals surface area contributed by atoms with Crippen molar-refractivity contribution in [3.05, 3.63) is 105 Å². The van der Waals surface area contributed by atoms with Crippen molar-refractivity contribution >= 4 is 11.7 Å². The van der Waals surface area contributed by atoms with E-state index in [1.54, 1.807) is 0 Å². The van der Waals surface area contributed by atoms with Crippen molar-refractivity contribution in [2.45, 2.75) is 19.3 Å². The molecule has 0 saturated carbocycles. The summed E-state index contributed by atoms with van der Waals surface area (Å²) >= 11 is 0. The van der Waals surface area contributed by atoms with Crippen LogP contribution in [0.4, 0.5) is 14.6 Å². The highest BCUT2D eigenvalue weighted by Crippen LogP contribution is 2.33. The van der Waals surface area contributed by atoms with Crippen molar-refractivity contribution in [3.63, 3.8) is 0 Å². The van der Waals surface area contributed by atoms with Crippen LogP contribution in [0, 0.1) is 29.4 Å². The van der Waals surface area contributed by atoms with E-state index in [2.05, 4.69) is 22.1 Å². The van der Waals surface area contributed by atoms with E-state index in [1.165, 1.54) is 36.5 Å². The molecule has 0 atom stereocenters. The summed E-state index contributed by atoms with van der Waals surface area (Å²) in [5.41, 5.74) is 9.02. The quantitative estimate of drug-likeness (QED) is 0.301. The second-order valence-electron chi connectivity index (χ2n) is 9.64. The maximum atomic E-state index is 15.4. The molecule has 1 amide bonds. The van der Waals surface area contributed by atoms with E-state index >= 15 is 4.39 Å². The molecule has 12 heteroatoms. The number of hydrogen-bond acceptors (Lipinski definition) is 7. The summed E-state index contributed by atoms with van der Waals surface area (Å²) in [5.74, 6) is 3.70. The molecule has 2 aromatic heterocycles. The lowest BCUT2D eigenvalue weighted by Crippen LogP contribution is -2.42. The van der Waals surface area contributed by atoms with Gasteiger partial charge < -0.3 is 21.5 Å². The number of nitrogens with one attached hydrogen (secondary N) is 1. The molecule has 0 bridgehead atoms. The van der Waals surface area contributed by atoms with Crippen LogP contribution < -0.4 is 32.8 Å². The Hall–Kier alpha value is -5.28. The van der Waals surface area contributed by atoms with Crippen molar-refractivity contribution < 1.29 is 18.3 Å². The molecule has 0 spiro atoms. The molecule has 1 aliphatic heterocycles. The molecule has 10 nitrogen and oxygen atoms in total. The first-order valence-electron chi connectivity index (χ1n) is 13.1. The van der Waals surface area contributed by atoms with Crippen molar-refractivity contribution in [1.29, 1.82) is 0 Å². The van der Waals surface area contributed by atoms with Gasteiger partial charge in [0.05, 0.1) is 11.4 Å². The SMILES string of the molecule is NC(=O)c1cn(-c2cccc(F)c2Oc2ccnc(N)c2C#CCC2CCNCC2)c(=O)n(-c2ccc(F)cc2)c1=O. The number of nitrogens with zero attached hydrogens (tertiary/aromatic N) is 3. The van der Waals surface area contributed by atoms with E-state index in [-0.39, 0.29) is 28.5 Å². The largest absolute Gasteiger partial charge is 0.451 e. The molecular formula is C30H26F2N6O4. The second kappa shape index (κ2) is 12.1. The summed E-state index contributed by atoms with van der Waals surface area (Å²) in [5, 5.41) is 3.31. The summed E-state index contributed by atoms with van der Waals surface area (Å²) in [6.07, 6.45) is 4.92. The Morgan fingerprint density at radius 2 is 1.83 bits per heavy atom. The summed E-state index contributed by atoms with van der Waals surface area (Å²) in [6.45, 7) is 1.86. The highest BCUT2D eigenvalue weighted by Gasteiger charge is 2.22. The average Bonchev–Trinajstić information content (AvgIpc) is 2.97. The molecule has 1 saturated heterocycles. The average molecular weight is 573 g/mol. The maximum absolute atomic E-state index is 15.4. The number of primary amides is 1. The number of pyridine rings is 1. The molecule has 0 radical (unpaired) electrons. The van der Waals surface area contributed by atoms with E-state index in [0.29, 0.717) is 16.9 Å². The molecule has 42 heavy (non-hydrogen) atoms. The van der Waals surface area contributed by atoms with Gasteiger partial charge in [-0.05, 0) is 68.2 Å². The molecule has 0 aliphatic carbocycles. The monoisotopic (exact) mass is 572 g/mol. The van der Waals surface area contributed by atoms with Crippen molar-refractivity contribution in [3.8, 4) is 34.7 Å². The van der Waals surface area contributed by atoms with Crippen LogP contribution in [0.3, 0.4) is 0 Å². The number of piperidine rings is 1. The second-order valence-corrected chi connectivity index (χ2v) is 9.64. The lowest BCUT2D eigenvalue weighted by Gasteiger charge is -2.20. The van der Waals surface area contributed by atoms with Gasteiger partial charge in [-0.3, -0.25) is 14.2 Å². The van der Waals surface area contributed by atoms with Gasteiger partial charge >= 0.3 is 5.69 Å². The van der Waals surface area contributed by atoms with Crippen LogP contribution in [-0.4, -0.2) is 33.1 Å². The highest BCUT2D eigenvalue weighted by molar-refractivity contribution is 5.92. The number of halogens is 2. The van der Waals surface area contributed by atoms with E-state index in [4.69, 9.17) is 16.2 Å². The van der Waals surface area contributed by atoms with Gasteiger partial charge in [-0.15, -0.1) is 0 Å².